The van der Waals surface area contributed by atoms with Crippen LogP contribution in [0.3, 0.4) is 0 Å². The fourth-order valence-corrected chi connectivity index (χ4v) is 3.18. The topological polar surface area (TPSA) is 86.8 Å². The Labute approximate surface area is 146 Å². The maximum Gasteiger partial charge on any atom is 0.261 e. The van der Waals surface area contributed by atoms with Crippen LogP contribution in [0.5, 0.6) is 0 Å². The monoisotopic (exact) mass is 343 g/mol. The standard InChI is InChI=1S/C18H21N3O4/c22-15(19-12-16(23)20-9-3-4-10-20)8-5-11-21-17(24)13-6-1-2-7-14(13)18(21)25/h1-2,6-7H,3-5,8-12H2,(H,19,22). The van der Waals surface area contributed by atoms with Crippen molar-refractivity contribution in [2.45, 2.75) is 25.7 Å². The molecule has 0 spiro atoms. The van der Waals surface area contributed by atoms with Crippen molar-refractivity contribution in [3.8, 4) is 0 Å². The average molecular weight is 343 g/mol. The van der Waals surface area contributed by atoms with Crippen molar-refractivity contribution in [1.29, 1.82) is 0 Å². The fraction of sp³-hybridized carbons (Fsp3) is 0.444. The van der Waals surface area contributed by atoms with E-state index >= 15 is 0 Å². The lowest BCUT2D eigenvalue weighted by Crippen LogP contribution is -2.39. The van der Waals surface area contributed by atoms with Crippen LogP contribution >= 0.6 is 0 Å². The molecule has 0 unspecified atom stereocenters. The number of nitrogens with zero attached hydrogens (tertiary/aromatic N) is 2. The van der Waals surface area contributed by atoms with E-state index in [0.29, 0.717) is 17.5 Å². The molecule has 0 bridgehead atoms. The van der Waals surface area contributed by atoms with Gasteiger partial charge in [0.25, 0.3) is 11.8 Å². The normalized spacial score (nSPS) is 16.3. The summed E-state index contributed by atoms with van der Waals surface area (Å²) >= 11 is 0. The maximum atomic E-state index is 12.2. The van der Waals surface area contributed by atoms with Gasteiger partial charge in [0.1, 0.15) is 0 Å². The lowest BCUT2D eigenvalue weighted by atomic mass is 10.1. The summed E-state index contributed by atoms with van der Waals surface area (Å²) in [5.41, 5.74) is 0.821. The SMILES string of the molecule is O=C(CCCN1C(=O)c2ccccc2C1=O)NCC(=O)N1CCCC1. The number of hydrogen-bond acceptors (Lipinski definition) is 4. The second-order valence-electron chi connectivity index (χ2n) is 6.28. The molecule has 7 nitrogen and oxygen atoms in total. The molecule has 0 atom stereocenters. The summed E-state index contributed by atoms with van der Waals surface area (Å²) in [5, 5.41) is 2.61. The van der Waals surface area contributed by atoms with E-state index in [4.69, 9.17) is 0 Å². The molecule has 0 aliphatic carbocycles. The number of rotatable bonds is 6. The number of nitrogens with one attached hydrogen (secondary N) is 1. The first kappa shape index (κ1) is 17.1. The Kier molecular flexibility index (Phi) is 5.11. The van der Waals surface area contributed by atoms with Crippen LogP contribution in [0.15, 0.2) is 24.3 Å². The number of carbonyl (C=O) groups is 4. The molecule has 0 aromatic heterocycles. The molecular weight excluding hydrogens is 322 g/mol. The molecule has 0 saturated carbocycles. The highest BCUT2D eigenvalue weighted by Crippen LogP contribution is 2.22. The van der Waals surface area contributed by atoms with E-state index in [1.54, 1.807) is 29.2 Å². The van der Waals surface area contributed by atoms with Gasteiger partial charge in [-0.3, -0.25) is 24.1 Å². The lowest BCUT2D eigenvalue weighted by molar-refractivity contribution is -0.132. The summed E-state index contributed by atoms with van der Waals surface area (Å²) in [7, 11) is 0. The zero-order valence-corrected chi connectivity index (χ0v) is 14.0. The first-order valence-corrected chi connectivity index (χ1v) is 8.57. The molecule has 132 valence electrons. The number of amides is 4. The highest BCUT2D eigenvalue weighted by molar-refractivity contribution is 6.21. The van der Waals surface area contributed by atoms with E-state index in [-0.39, 0.29) is 43.1 Å². The largest absolute Gasteiger partial charge is 0.347 e. The van der Waals surface area contributed by atoms with Crippen LogP contribution in [0.4, 0.5) is 0 Å². The Bertz CT molecular complexity index is 675. The molecule has 2 aliphatic heterocycles. The van der Waals surface area contributed by atoms with Crippen molar-refractivity contribution in [3.63, 3.8) is 0 Å². The fourth-order valence-electron chi connectivity index (χ4n) is 3.18. The zero-order valence-electron chi connectivity index (χ0n) is 14.0. The molecule has 1 N–H and O–H groups in total. The smallest absolute Gasteiger partial charge is 0.261 e. The molecule has 1 aromatic rings. The summed E-state index contributed by atoms with van der Waals surface area (Å²) in [6, 6.07) is 6.70. The Morgan fingerprint density at radius 1 is 1.00 bits per heavy atom. The van der Waals surface area contributed by atoms with E-state index in [1.807, 2.05) is 0 Å². The summed E-state index contributed by atoms with van der Waals surface area (Å²) in [6.45, 7) is 1.72. The highest BCUT2D eigenvalue weighted by Gasteiger charge is 2.34. The molecule has 2 aliphatic rings. The molecule has 1 fully saturated rings. The van der Waals surface area contributed by atoms with Crippen molar-refractivity contribution < 1.29 is 19.2 Å². The van der Waals surface area contributed by atoms with Crippen molar-refractivity contribution in [2.75, 3.05) is 26.2 Å². The molecule has 1 aromatic carbocycles. The van der Waals surface area contributed by atoms with Crippen LogP contribution in [0.1, 0.15) is 46.4 Å². The Morgan fingerprint density at radius 2 is 1.60 bits per heavy atom. The van der Waals surface area contributed by atoms with Crippen molar-refractivity contribution >= 4 is 23.6 Å². The third-order valence-electron chi connectivity index (χ3n) is 4.56. The van der Waals surface area contributed by atoms with Gasteiger partial charge >= 0.3 is 0 Å². The number of fused-ring (bicyclic) bond motifs is 1. The zero-order chi connectivity index (χ0) is 17.8. The minimum absolute atomic E-state index is 0.00580. The molecule has 2 heterocycles. The molecule has 4 amide bonds. The van der Waals surface area contributed by atoms with Crippen LogP contribution in [0, 0.1) is 0 Å². The van der Waals surface area contributed by atoms with Crippen LogP contribution < -0.4 is 5.32 Å². The van der Waals surface area contributed by atoms with Gasteiger partial charge in [-0.2, -0.15) is 0 Å². The Hall–Kier alpha value is -2.70. The van der Waals surface area contributed by atoms with Crippen LogP contribution in [0.2, 0.25) is 0 Å². The summed E-state index contributed by atoms with van der Waals surface area (Å²) in [6.07, 6.45) is 2.57. The first-order valence-electron chi connectivity index (χ1n) is 8.57. The van der Waals surface area contributed by atoms with Gasteiger partial charge in [0.2, 0.25) is 11.8 Å². The number of likely N-dealkylation sites (tertiary alicyclic amines) is 1. The van der Waals surface area contributed by atoms with E-state index in [0.717, 1.165) is 25.9 Å². The van der Waals surface area contributed by atoms with Gasteiger partial charge in [0.05, 0.1) is 17.7 Å². The van der Waals surface area contributed by atoms with Crippen LogP contribution in [0.25, 0.3) is 0 Å². The molecule has 1 saturated heterocycles. The Morgan fingerprint density at radius 3 is 2.20 bits per heavy atom. The predicted octanol–water partition coefficient (Wildman–Crippen LogP) is 0.801. The predicted molar refractivity (Wildman–Crippen MR) is 89.9 cm³/mol. The summed E-state index contributed by atoms with van der Waals surface area (Å²) in [5.74, 6) is -0.939. The molecular formula is C18H21N3O4. The van der Waals surface area contributed by atoms with E-state index in [9.17, 15) is 19.2 Å². The molecule has 3 rings (SSSR count). The Balaban J connectivity index is 1.41. The number of hydrogen-bond donors (Lipinski definition) is 1. The molecule has 0 radical (unpaired) electrons. The number of carbonyl (C=O) groups excluding carboxylic acids is 4. The number of benzene rings is 1. The molecule has 25 heavy (non-hydrogen) atoms. The van der Waals surface area contributed by atoms with Gasteiger partial charge < -0.3 is 10.2 Å². The molecule has 7 heteroatoms. The summed E-state index contributed by atoms with van der Waals surface area (Å²) in [4.78, 5) is 51.0. The third-order valence-corrected chi connectivity index (χ3v) is 4.56. The minimum atomic E-state index is -0.315. The van der Waals surface area contributed by atoms with Gasteiger partial charge in [0, 0.05) is 26.1 Å². The second-order valence-corrected chi connectivity index (χ2v) is 6.28. The summed E-state index contributed by atoms with van der Waals surface area (Å²) < 4.78 is 0. The average Bonchev–Trinajstić information content (AvgIpc) is 3.23. The highest BCUT2D eigenvalue weighted by atomic mass is 16.2. The van der Waals surface area contributed by atoms with Crippen molar-refractivity contribution in [3.05, 3.63) is 35.4 Å². The van der Waals surface area contributed by atoms with Crippen molar-refractivity contribution in [2.24, 2.45) is 0 Å². The van der Waals surface area contributed by atoms with Gasteiger partial charge in [-0.1, -0.05) is 12.1 Å². The first-order chi connectivity index (χ1) is 12.1. The lowest BCUT2D eigenvalue weighted by Gasteiger charge is -2.16. The van der Waals surface area contributed by atoms with E-state index in [2.05, 4.69) is 5.32 Å². The van der Waals surface area contributed by atoms with Crippen LogP contribution in [-0.4, -0.2) is 59.6 Å². The van der Waals surface area contributed by atoms with E-state index in [1.165, 1.54) is 4.90 Å². The minimum Gasteiger partial charge on any atom is -0.347 e. The quantitative estimate of drug-likeness (QED) is 0.774. The van der Waals surface area contributed by atoms with Crippen LogP contribution in [-0.2, 0) is 9.59 Å². The third kappa shape index (κ3) is 3.70. The number of imide groups is 1. The van der Waals surface area contributed by atoms with Gasteiger partial charge in [-0.15, -0.1) is 0 Å². The van der Waals surface area contributed by atoms with Gasteiger partial charge in [0.15, 0.2) is 0 Å². The van der Waals surface area contributed by atoms with Crippen molar-refractivity contribution in [1.82, 2.24) is 15.1 Å². The van der Waals surface area contributed by atoms with Gasteiger partial charge in [-0.05, 0) is 31.4 Å². The maximum absolute atomic E-state index is 12.2. The second kappa shape index (κ2) is 7.46. The van der Waals surface area contributed by atoms with Gasteiger partial charge in [-0.25, -0.2) is 0 Å². The van der Waals surface area contributed by atoms with E-state index < -0.39 is 0 Å².